The minimum atomic E-state index is 0.695. The summed E-state index contributed by atoms with van der Waals surface area (Å²) < 4.78 is 10.5. The van der Waals surface area contributed by atoms with Crippen molar-refractivity contribution in [3.05, 3.63) is 102 Å². The van der Waals surface area contributed by atoms with Gasteiger partial charge in [-0.1, -0.05) is 29.8 Å². The summed E-state index contributed by atoms with van der Waals surface area (Å²) in [4.78, 5) is 0. The Morgan fingerprint density at radius 3 is 2.45 bits per heavy atom. The molecule has 33 heavy (non-hydrogen) atoms. The molecule has 3 nitrogen and oxygen atoms in total. The van der Waals surface area contributed by atoms with Crippen LogP contribution < -0.4 is 4.57 Å². The van der Waals surface area contributed by atoms with Gasteiger partial charge in [0.2, 0.25) is 12.2 Å². The lowest BCUT2D eigenvalue weighted by atomic mass is 10.0. The molecule has 3 heteroatoms. The SMILES string of the molecule is CCn1c2cc3cc(-c4ccccc4)[n+](Cc4ccco4)cc3cc2c2cc(C)cc(C)c21. The van der Waals surface area contributed by atoms with Crippen LogP contribution in [0.15, 0.2) is 89.7 Å². The summed E-state index contributed by atoms with van der Waals surface area (Å²) in [6.45, 7) is 8.30. The van der Waals surface area contributed by atoms with E-state index in [0.717, 1.165) is 12.3 Å². The van der Waals surface area contributed by atoms with E-state index in [0.29, 0.717) is 6.54 Å². The minimum Gasteiger partial charge on any atom is -0.463 e. The normalized spacial score (nSPS) is 11.7. The summed E-state index contributed by atoms with van der Waals surface area (Å²) in [5, 5.41) is 5.16. The molecule has 0 bridgehead atoms. The van der Waals surface area contributed by atoms with Crippen LogP contribution in [-0.4, -0.2) is 4.57 Å². The van der Waals surface area contributed by atoms with E-state index in [1.807, 2.05) is 12.1 Å². The summed E-state index contributed by atoms with van der Waals surface area (Å²) in [5.41, 5.74) is 7.68. The third-order valence-electron chi connectivity index (χ3n) is 6.69. The number of aromatic nitrogens is 2. The lowest BCUT2D eigenvalue weighted by Crippen LogP contribution is -2.36. The van der Waals surface area contributed by atoms with Crippen molar-refractivity contribution in [2.45, 2.75) is 33.9 Å². The number of aryl methyl sites for hydroxylation is 3. The van der Waals surface area contributed by atoms with E-state index < -0.39 is 0 Å². The molecule has 0 unspecified atom stereocenters. The highest BCUT2D eigenvalue weighted by Crippen LogP contribution is 2.35. The number of rotatable bonds is 4. The molecule has 0 spiro atoms. The number of hydrogen-bond donors (Lipinski definition) is 0. The van der Waals surface area contributed by atoms with Crippen molar-refractivity contribution >= 4 is 32.6 Å². The third-order valence-corrected chi connectivity index (χ3v) is 6.69. The van der Waals surface area contributed by atoms with Crippen LogP contribution in [0.2, 0.25) is 0 Å². The van der Waals surface area contributed by atoms with Gasteiger partial charge in [0.25, 0.3) is 0 Å². The first kappa shape index (κ1) is 19.8. The van der Waals surface area contributed by atoms with E-state index in [1.165, 1.54) is 55.0 Å². The molecule has 0 amide bonds. The third kappa shape index (κ3) is 3.23. The van der Waals surface area contributed by atoms with Crippen molar-refractivity contribution in [1.29, 1.82) is 0 Å². The Balaban J connectivity index is 1.68. The molecule has 0 saturated carbocycles. The molecule has 0 radical (unpaired) electrons. The summed E-state index contributed by atoms with van der Waals surface area (Å²) >= 11 is 0. The molecule has 162 valence electrons. The van der Waals surface area contributed by atoms with E-state index in [9.17, 15) is 0 Å². The summed E-state index contributed by atoms with van der Waals surface area (Å²) in [6, 6.07) is 26.3. The number of nitrogens with zero attached hydrogens (tertiary/aromatic N) is 2. The number of fused-ring (bicyclic) bond motifs is 4. The Morgan fingerprint density at radius 1 is 0.848 bits per heavy atom. The average molecular weight is 432 g/mol. The second-order valence-corrected chi connectivity index (χ2v) is 8.95. The second-order valence-electron chi connectivity index (χ2n) is 8.95. The molecule has 0 fully saturated rings. The zero-order valence-corrected chi connectivity index (χ0v) is 19.3. The van der Waals surface area contributed by atoms with E-state index in [2.05, 4.69) is 96.8 Å². The quantitative estimate of drug-likeness (QED) is 0.271. The highest BCUT2D eigenvalue weighted by molar-refractivity contribution is 6.13. The van der Waals surface area contributed by atoms with Crippen LogP contribution in [-0.2, 0) is 13.1 Å². The van der Waals surface area contributed by atoms with Gasteiger partial charge in [0, 0.05) is 39.8 Å². The van der Waals surface area contributed by atoms with E-state index in [-0.39, 0.29) is 0 Å². The Kier molecular flexibility index (Phi) is 4.58. The number of furan rings is 1. The van der Waals surface area contributed by atoms with Crippen LogP contribution in [0.5, 0.6) is 0 Å². The maximum Gasteiger partial charge on any atom is 0.213 e. The first-order chi connectivity index (χ1) is 16.1. The van der Waals surface area contributed by atoms with Gasteiger partial charge in [0.1, 0.15) is 0 Å². The van der Waals surface area contributed by atoms with Crippen LogP contribution in [0.25, 0.3) is 43.8 Å². The molecule has 6 rings (SSSR count). The molecule has 0 N–H and O–H groups in total. The minimum absolute atomic E-state index is 0.695. The van der Waals surface area contributed by atoms with Gasteiger partial charge in [0.05, 0.1) is 11.8 Å². The fourth-order valence-electron chi connectivity index (χ4n) is 5.30. The van der Waals surface area contributed by atoms with Gasteiger partial charge < -0.3 is 8.98 Å². The lowest BCUT2D eigenvalue weighted by molar-refractivity contribution is -0.677. The molecule has 3 aromatic carbocycles. The van der Waals surface area contributed by atoms with Crippen LogP contribution >= 0.6 is 0 Å². The van der Waals surface area contributed by atoms with Crippen LogP contribution in [0.1, 0.15) is 23.8 Å². The molecule has 0 aliphatic carbocycles. The van der Waals surface area contributed by atoms with Gasteiger partial charge in [-0.25, -0.2) is 0 Å². The van der Waals surface area contributed by atoms with Crippen molar-refractivity contribution in [3.63, 3.8) is 0 Å². The van der Waals surface area contributed by atoms with E-state index >= 15 is 0 Å². The summed E-state index contributed by atoms with van der Waals surface area (Å²) in [7, 11) is 0. The molecule has 0 saturated heterocycles. The Labute approximate surface area is 193 Å². The predicted octanol–water partition coefficient (Wildman–Crippen LogP) is 7.18. The smallest absolute Gasteiger partial charge is 0.213 e. The van der Waals surface area contributed by atoms with Crippen molar-refractivity contribution in [1.82, 2.24) is 4.57 Å². The van der Waals surface area contributed by atoms with Crippen molar-refractivity contribution in [2.75, 3.05) is 0 Å². The molecule has 0 aliphatic rings. The maximum absolute atomic E-state index is 5.69. The zero-order valence-electron chi connectivity index (χ0n) is 19.3. The molecule has 0 atom stereocenters. The standard InChI is InChI=1S/C30H27N2O/c1-4-32-29-17-23-16-28(22-9-6-5-7-10-22)31(19-25-11-8-12-33-25)18-24(23)15-26(29)27-14-20(2)13-21(3)30(27)32/h5-18H,4,19H2,1-3H3/q+1. The summed E-state index contributed by atoms with van der Waals surface area (Å²) in [5.74, 6) is 0.950. The maximum atomic E-state index is 5.69. The van der Waals surface area contributed by atoms with Gasteiger partial charge >= 0.3 is 0 Å². The molecule has 6 aromatic rings. The monoisotopic (exact) mass is 431 g/mol. The number of pyridine rings is 1. The van der Waals surface area contributed by atoms with Crippen molar-refractivity contribution in [2.24, 2.45) is 0 Å². The van der Waals surface area contributed by atoms with Gasteiger partial charge in [-0.05, 0) is 74.2 Å². The van der Waals surface area contributed by atoms with Crippen LogP contribution in [0, 0.1) is 13.8 Å². The lowest BCUT2D eigenvalue weighted by Gasteiger charge is -2.08. The number of benzene rings is 3. The molecular weight excluding hydrogens is 404 g/mol. The zero-order chi connectivity index (χ0) is 22.5. The second kappa shape index (κ2) is 7.63. The Bertz CT molecular complexity index is 1620. The topological polar surface area (TPSA) is 21.9 Å². The van der Waals surface area contributed by atoms with Gasteiger partial charge in [0.15, 0.2) is 12.0 Å². The van der Waals surface area contributed by atoms with E-state index in [4.69, 9.17) is 4.42 Å². The van der Waals surface area contributed by atoms with Gasteiger partial charge in [-0.15, -0.1) is 0 Å². The average Bonchev–Trinajstić information content (AvgIpc) is 3.43. The highest BCUT2D eigenvalue weighted by atomic mass is 16.3. The van der Waals surface area contributed by atoms with Crippen molar-refractivity contribution in [3.8, 4) is 11.3 Å². The van der Waals surface area contributed by atoms with Crippen LogP contribution in [0.4, 0.5) is 0 Å². The largest absolute Gasteiger partial charge is 0.463 e. The fraction of sp³-hybridized carbons (Fsp3) is 0.167. The molecule has 0 aliphatic heterocycles. The number of hydrogen-bond acceptors (Lipinski definition) is 1. The molecule has 3 heterocycles. The van der Waals surface area contributed by atoms with Gasteiger partial charge in [-0.2, -0.15) is 4.57 Å². The Hall–Kier alpha value is -3.85. The fourth-order valence-corrected chi connectivity index (χ4v) is 5.30. The molecule has 3 aromatic heterocycles. The Morgan fingerprint density at radius 2 is 1.70 bits per heavy atom. The van der Waals surface area contributed by atoms with Crippen molar-refractivity contribution < 1.29 is 8.98 Å². The van der Waals surface area contributed by atoms with Gasteiger partial charge in [-0.3, -0.25) is 0 Å². The van der Waals surface area contributed by atoms with Crippen LogP contribution in [0.3, 0.4) is 0 Å². The summed E-state index contributed by atoms with van der Waals surface area (Å²) in [6.07, 6.45) is 4.02. The highest BCUT2D eigenvalue weighted by Gasteiger charge is 2.19. The van der Waals surface area contributed by atoms with E-state index in [1.54, 1.807) is 6.26 Å². The first-order valence-electron chi connectivity index (χ1n) is 11.6. The first-order valence-corrected chi connectivity index (χ1v) is 11.6. The predicted molar refractivity (Wildman–Crippen MR) is 136 cm³/mol. The molecular formula is C30H27N2O+.